The van der Waals surface area contributed by atoms with Gasteiger partial charge in [0.15, 0.2) is 0 Å². The molecule has 0 aliphatic carbocycles. The molecular formula is C15H24N2OS. The number of amides is 1. The molecule has 1 fully saturated rings. The van der Waals surface area contributed by atoms with Crippen LogP contribution in [0.25, 0.3) is 0 Å². The molecule has 2 rings (SSSR count). The van der Waals surface area contributed by atoms with Gasteiger partial charge in [0, 0.05) is 6.04 Å². The van der Waals surface area contributed by atoms with Crippen molar-refractivity contribution in [2.24, 2.45) is 5.92 Å². The van der Waals surface area contributed by atoms with E-state index in [0.29, 0.717) is 5.92 Å². The number of thiophene rings is 1. The largest absolute Gasteiger partial charge is 0.319 e. The van der Waals surface area contributed by atoms with E-state index in [-0.39, 0.29) is 24.2 Å². The smallest absolute Gasteiger partial charge is 0.241 e. The molecule has 106 valence electrons. The SMILES string of the molecule is CC(C)CCC(C)N1C(=O)C(C)NC1c1ccsc1. The number of hydrogen-bond donors (Lipinski definition) is 1. The summed E-state index contributed by atoms with van der Waals surface area (Å²) in [6.07, 6.45) is 2.28. The van der Waals surface area contributed by atoms with E-state index in [9.17, 15) is 4.79 Å². The van der Waals surface area contributed by atoms with E-state index in [4.69, 9.17) is 0 Å². The maximum absolute atomic E-state index is 12.4. The highest BCUT2D eigenvalue weighted by Gasteiger charge is 2.39. The molecule has 3 nitrogen and oxygen atoms in total. The molecule has 1 saturated heterocycles. The molecule has 1 aliphatic rings. The van der Waals surface area contributed by atoms with Crippen LogP contribution in [-0.2, 0) is 4.79 Å². The Hall–Kier alpha value is -0.870. The van der Waals surface area contributed by atoms with Gasteiger partial charge in [-0.25, -0.2) is 0 Å². The van der Waals surface area contributed by atoms with Gasteiger partial charge in [0.05, 0.1) is 6.04 Å². The molecule has 0 spiro atoms. The normalized spacial score (nSPS) is 25.3. The molecular weight excluding hydrogens is 256 g/mol. The number of nitrogens with one attached hydrogen (secondary N) is 1. The fraction of sp³-hybridized carbons (Fsp3) is 0.667. The van der Waals surface area contributed by atoms with E-state index < -0.39 is 0 Å². The Balaban J connectivity index is 2.12. The van der Waals surface area contributed by atoms with E-state index in [0.717, 1.165) is 12.8 Å². The van der Waals surface area contributed by atoms with Gasteiger partial charge in [-0.1, -0.05) is 13.8 Å². The zero-order chi connectivity index (χ0) is 14.0. The second-order valence-electron chi connectivity index (χ2n) is 5.91. The first-order valence-electron chi connectivity index (χ1n) is 7.11. The summed E-state index contributed by atoms with van der Waals surface area (Å²) in [6.45, 7) is 8.59. The Labute approximate surface area is 120 Å². The summed E-state index contributed by atoms with van der Waals surface area (Å²) in [5.41, 5.74) is 1.21. The predicted octanol–water partition coefficient (Wildman–Crippen LogP) is 3.39. The fourth-order valence-corrected chi connectivity index (χ4v) is 3.29. The highest BCUT2D eigenvalue weighted by Crippen LogP contribution is 2.30. The predicted molar refractivity (Wildman–Crippen MR) is 80.0 cm³/mol. The molecule has 1 aliphatic heterocycles. The van der Waals surface area contributed by atoms with Gasteiger partial charge in [0.1, 0.15) is 6.17 Å². The zero-order valence-corrected chi connectivity index (χ0v) is 13.0. The summed E-state index contributed by atoms with van der Waals surface area (Å²) < 4.78 is 0. The van der Waals surface area contributed by atoms with Crippen LogP contribution >= 0.6 is 11.3 Å². The van der Waals surface area contributed by atoms with E-state index >= 15 is 0 Å². The minimum Gasteiger partial charge on any atom is -0.319 e. The molecule has 0 bridgehead atoms. The van der Waals surface area contributed by atoms with Gasteiger partial charge in [-0.2, -0.15) is 11.3 Å². The van der Waals surface area contributed by atoms with Gasteiger partial charge in [-0.05, 0) is 55.0 Å². The Morgan fingerprint density at radius 2 is 2.11 bits per heavy atom. The molecule has 3 atom stereocenters. The van der Waals surface area contributed by atoms with Crippen molar-refractivity contribution < 1.29 is 4.79 Å². The standard InChI is InChI=1S/C15H24N2OS/c1-10(2)5-6-11(3)17-14(13-7-8-19-9-13)16-12(4)15(17)18/h7-12,14,16H,5-6H2,1-4H3. The van der Waals surface area contributed by atoms with Crippen molar-refractivity contribution in [1.29, 1.82) is 0 Å². The second kappa shape index (κ2) is 6.06. The Bertz CT molecular complexity index is 416. The summed E-state index contributed by atoms with van der Waals surface area (Å²) in [7, 11) is 0. The van der Waals surface area contributed by atoms with E-state index in [1.807, 2.05) is 11.8 Å². The molecule has 1 amide bonds. The third kappa shape index (κ3) is 3.18. The van der Waals surface area contributed by atoms with Crippen LogP contribution in [0.1, 0.15) is 52.3 Å². The van der Waals surface area contributed by atoms with Gasteiger partial charge in [0.2, 0.25) is 5.91 Å². The van der Waals surface area contributed by atoms with Crippen LogP contribution in [0.2, 0.25) is 0 Å². The maximum atomic E-state index is 12.4. The second-order valence-corrected chi connectivity index (χ2v) is 6.69. The first kappa shape index (κ1) is 14.5. The Morgan fingerprint density at radius 3 is 2.68 bits per heavy atom. The third-order valence-corrected chi connectivity index (χ3v) is 4.51. The van der Waals surface area contributed by atoms with Crippen LogP contribution in [0.3, 0.4) is 0 Å². The monoisotopic (exact) mass is 280 g/mol. The van der Waals surface area contributed by atoms with Gasteiger partial charge >= 0.3 is 0 Å². The lowest BCUT2D eigenvalue weighted by Crippen LogP contribution is -2.38. The van der Waals surface area contributed by atoms with Crippen molar-refractivity contribution in [1.82, 2.24) is 10.2 Å². The fourth-order valence-electron chi connectivity index (χ4n) is 2.61. The van der Waals surface area contributed by atoms with Gasteiger partial charge in [-0.15, -0.1) is 0 Å². The summed E-state index contributed by atoms with van der Waals surface area (Å²) in [5.74, 6) is 0.914. The third-order valence-electron chi connectivity index (χ3n) is 3.81. The first-order valence-corrected chi connectivity index (χ1v) is 8.05. The van der Waals surface area contributed by atoms with Crippen LogP contribution < -0.4 is 5.32 Å². The van der Waals surface area contributed by atoms with Crippen LogP contribution in [0.4, 0.5) is 0 Å². The summed E-state index contributed by atoms with van der Waals surface area (Å²) in [5, 5.41) is 7.61. The number of rotatable bonds is 5. The molecule has 1 aromatic heterocycles. The topological polar surface area (TPSA) is 32.3 Å². The number of hydrogen-bond acceptors (Lipinski definition) is 3. The van der Waals surface area contributed by atoms with Gasteiger partial charge in [-0.3, -0.25) is 10.1 Å². The molecule has 19 heavy (non-hydrogen) atoms. The molecule has 0 saturated carbocycles. The lowest BCUT2D eigenvalue weighted by molar-refractivity contribution is -0.132. The van der Waals surface area contributed by atoms with E-state index in [1.54, 1.807) is 11.3 Å². The van der Waals surface area contributed by atoms with Crippen molar-refractivity contribution >= 4 is 17.2 Å². The number of carbonyl (C=O) groups excluding carboxylic acids is 1. The van der Waals surface area contributed by atoms with Crippen LogP contribution in [0.15, 0.2) is 16.8 Å². The molecule has 2 heterocycles. The average Bonchev–Trinajstić information content (AvgIpc) is 2.96. The van der Waals surface area contributed by atoms with Crippen molar-refractivity contribution in [3.63, 3.8) is 0 Å². The number of carbonyl (C=O) groups is 1. The molecule has 1 aromatic rings. The summed E-state index contributed by atoms with van der Waals surface area (Å²) >= 11 is 1.68. The van der Waals surface area contributed by atoms with Crippen molar-refractivity contribution in [2.75, 3.05) is 0 Å². The lowest BCUT2D eigenvalue weighted by Gasteiger charge is -2.30. The molecule has 1 N–H and O–H groups in total. The summed E-state index contributed by atoms with van der Waals surface area (Å²) in [6, 6.07) is 2.32. The molecule has 4 heteroatoms. The van der Waals surface area contributed by atoms with Gasteiger partial charge in [0.25, 0.3) is 0 Å². The van der Waals surface area contributed by atoms with E-state index in [2.05, 4.69) is 42.9 Å². The highest BCUT2D eigenvalue weighted by atomic mass is 32.1. The highest BCUT2D eigenvalue weighted by molar-refractivity contribution is 7.07. The van der Waals surface area contributed by atoms with Crippen LogP contribution in [-0.4, -0.2) is 22.9 Å². The lowest BCUT2D eigenvalue weighted by atomic mass is 10.0. The van der Waals surface area contributed by atoms with Crippen LogP contribution in [0.5, 0.6) is 0 Å². The van der Waals surface area contributed by atoms with E-state index in [1.165, 1.54) is 5.56 Å². The minimum absolute atomic E-state index is 0.0518. The average molecular weight is 280 g/mol. The first-order chi connectivity index (χ1) is 9.00. The van der Waals surface area contributed by atoms with Crippen molar-refractivity contribution in [3.8, 4) is 0 Å². The molecule has 0 aromatic carbocycles. The van der Waals surface area contributed by atoms with Crippen molar-refractivity contribution in [3.05, 3.63) is 22.4 Å². The zero-order valence-electron chi connectivity index (χ0n) is 12.2. The van der Waals surface area contributed by atoms with Gasteiger partial charge < -0.3 is 4.90 Å². The minimum atomic E-state index is -0.0774. The Kier molecular flexibility index (Phi) is 4.63. The number of nitrogens with zero attached hydrogens (tertiary/aromatic N) is 1. The molecule has 3 unspecified atom stereocenters. The molecule has 0 radical (unpaired) electrons. The summed E-state index contributed by atoms with van der Waals surface area (Å²) in [4.78, 5) is 14.4. The quantitative estimate of drug-likeness (QED) is 0.896. The maximum Gasteiger partial charge on any atom is 0.241 e. The Morgan fingerprint density at radius 1 is 1.37 bits per heavy atom. The van der Waals surface area contributed by atoms with Crippen molar-refractivity contribution in [2.45, 2.75) is 58.8 Å². The van der Waals surface area contributed by atoms with Crippen LogP contribution in [0, 0.1) is 5.92 Å².